The summed E-state index contributed by atoms with van der Waals surface area (Å²) >= 11 is 3.35. The summed E-state index contributed by atoms with van der Waals surface area (Å²) in [4.78, 5) is 23.0. The normalized spacial score (nSPS) is 10.8. The summed E-state index contributed by atoms with van der Waals surface area (Å²) in [6.07, 6.45) is 2.97. The molecule has 0 saturated carbocycles. The van der Waals surface area contributed by atoms with Gasteiger partial charge >= 0.3 is 5.69 Å². The molecule has 1 aromatic carbocycles. The molecule has 0 atom stereocenters. The molecular weight excluding hydrogens is 416 g/mol. The molecule has 3 aromatic rings. The van der Waals surface area contributed by atoms with Crippen molar-refractivity contribution in [2.24, 2.45) is 0 Å². The summed E-state index contributed by atoms with van der Waals surface area (Å²) in [6, 6.07) is 8.04. The molecule has 0 aliphatic heterocycles. The Morgan fingerprint density at radius 1 is 1.22 bits per heavy atom. The van der Waals surface area contributed by atoms with Gasteiger partial charge in [-0.1, -0.05) is 29.8 Å². The lowest BCUT2D eigenvalue weighted by molar-refractivity contribution is -0.385. The van der Waals surface area contributed by atoms with Crippen LogP contribution in [0.5, 0.6) is 0 Å². The van der Waals surface area contributed by atoms with Gasteiger partial charge in [0.1, 0.15) is 6.20 Å². The van der Waals surface area contributed by atoms with Gasteiger partial charge in [0.15, 0.2) is 5.82 Å². The lowest BCUT2D eigenvalue weighted by atomic mass is 10.1. The highest BCUT2D eigenvalue weighted by Crippen LogP contribution is 2.23. The number of nitro groups is 1. The zero-order valence-corrected chi connectivity index (χ0v) is 16.3. The molecule has 0 aliphatic rings. The third-order valence-electron chi connectivity index (χ3n) is 3.89. The zero-order valence-electron chi connectivity index (χ0n) is 14.7. The fourth-order valence-electron chi connectivity index (χ4n) is 2.48. The Labute approximate surface area is 163 Å². The number of aromatic nitrogens is 4. The standard InChI is InChI=1S/C17H17BrN6O3/c1-3-22-10-14(24(26)27)15(20-22)17(25)19-16-13(18)9-23(21-16)8-12-6-4-11(2)5-7-12/h4-7,9-10H,3,8H2,1-2H3,(H,19,21,25). The number of anilines is 1. The molecule has 0 spiro atoms. The summed E-state index contributed by atoms with van der Waals surface area (Å²) in [6.45, 7) is 4.74. The van der Waals surface area contributed by atoms with Crippen molar-refractivity contribution in [3.05, 3.63) is 68.1 Å². The van der Waals surface area contributed by atoms with E-state index in [0.29, 0.717) is 17.6 Å². The number of rotatable bonds is 6. The van der Waals surface area contributed by atoms with E-state index < -0.39 is 10.8 Å². The number of nitrogens with zero attached hydrogens (tertiary/aromatic N) is 5. The second-order valence-electron chi connectivity index (χ2n) is 5.94. The highest BCUT2D eigenvalue weighted by Gasteiger charge is 2.26. The maximum absolute atomic E-state index is 12.5. The SMILES string of the molecule is CCn1cc([N+](=O)[O-])c(C(=O)Nc2nn(Cc3ccc(C)cc3)cc2Br)n1. The van der Waals surface area contributed by atoms with E-state index in [1.165, 1.54) is 16.4 Å². The van der Waals surface area contributed by atoms with Gasteiger partial charge in [-0.3, -0.25) is 24.3 Å². The van der Waals surface area contributed by atoms with Crippen molar-refractivity contribution in [1.29, 1.82) is 0 Å². The van der Waals surface area contributed by atoms with E-state index in [9.17, 15) is 14.9 Å². The van der Waals surface area contributed by atoms with Crippen molar-refractivity contribution >= 4 is 33.3 Å². The van der Waals surface area contributed by atoms with Gasteiger partial charge in [0, 0.05) is 12.7 Å². The van der Waals surface area contributed by atoms with Crippen molar-refractivity contribution in [3.63, 3.8) is 0 Å². The van der Waals surface area contributed by atoms with Gasteiger partial charge in [-0.2, -0.15) is 10.2 Å². The van der Waals surface area contributed by atoms with Crippen LogP contribution >= 0.6 is 15.9 Å². The smallest absolute Gasteiger partial charge is 0.302 e. The van der Waals surface area contributed by atoms with Crippen LogP contribution in [0.25, 0.3) is 0 Å². The molecule has 140 valence electrons. The number of hydrogen-bond donors (Lipinski definition) is 1. The van der Waals surface area contributed by atoms with E-state index in [1.54, 1.807) is 17.8 Å². The molecule has 0 unspecified atom stereocenters. The maximum Gasteiger partial charge on any atom is 0.320 e. The second-order valence-corrected chi connectivity index (χ2v) is 6.79. The Balaban J connectivity index is 1.79. The average Bonchev–Trinajstić information content (AvgIpc) is 3.21. The summed E-state index contributed by atoms with van der Waals surface area (Å²) in [7, 11) is 0. The fraction of sp³-hybridized carbons (Fsp3) is 0.235. The fourth-order valence-corrected chi connectivity index (χ4v) is 2.89. The van der Waals surface area contributed by atoms with Crippen molar-refractivity contribution in [1.82, 2.24) is 19.6 Å². The third-order valence-corrected chi connectivity index (χ3v) is 4.47. The van der Waals surface area contributed by atoms with Crippen LogP contribution in [-0.4, -0.2) is 30.4 Å². The minimum Gasteiger partial charge on any atom is -0.302 e. The van der Waals surface area contributed by atoms with Gasteiger partial charge in [0.2, 0.25) is 5.69 Å². The van der Waals surface area contributed by atoms with Crippen LogP contribution in [0.3, 0.4) is 0 Å². The Bertz CT molecular complexity index is 993. The number of carbonyl (C=O) groups excluding carboxylic acids is 1. The summed E-state index contributed by atoms with van der Waals surface area (Å²) < 4.78 is 3.59. The Morgan fingerprint density at radius 2 is 1.93 bits per heavy atom. The van der Waals surface area contributed by atoms with Crippen molar-refractivity contribution < 1.29 is 9.72 Å². The molecule has 1 amide bonds. The first-order chi connectivity index (χ1) is 12.9. The van der Waals surface area contributed by atoms with E-state index in [1.807, 2.05) is 31.2 Å². The highest BCUT2D eigenvalue weighted by molar-refractivity contribution is 9.10. The molecule has 3 rings (SSSR count). The lowest BCUT2D eigenvalue weighted by Gasteiger charge is -2.03. The second kappa shape index (κ2) is 7.70. The van der Waals surface area contributed by atoms with Gasteiger partial charge in [0.25, 0.3) is 5.91 Å². The number of nitrogens with one attached hydrogen (secondary N) is 1. The van der Waals surface area contributed by atoms with E-state index >= 15 is 0 Å². The zero-order chi connectivity index (χ0) is 19.6. The predicted molar refractivity (Wildman–Crippen MR) is 103 cm³/mol. The topological polar surface area (TPSA) is 108 Å². The quantitative estimate of drug-likeness (QED) is 0.474. The van der Waals surface area contributed by atoms with Crippen LogP contribution in [0, 0.1) is 17.0 Å². The van der Waals surface area contributed by atoms with Crippen LogP contribution in [-0.2, 0) is 13.1 Å². The van der Waals surface area contributed by atoms with Gasteiger partial charge in [-0.05, 0) is 35.3 Å². The van der Waals surface area contributed by atoms with E-state index in [2.05, 4.69) is 31.4 Å². The van der Waals surface area contributed by atoms with E-state index in [0.717, 1.165) is 5.56 Å². The van der Waals surface area contributed by atoms with Gasteiger partial charge in [-0.25, -0.2) is 0 Å². The number of carbonyl (C=O) groups is 1. The van der Waals surface area contributed by atoms with Crippen LogP contribution in [0.15, 0.2) is 41.1 Å². The minimum absolute atomic E-state index is 0.248. The third kappa shape index (κ3) is 4.22. The van der Waals surface area contributed by atoms with Crippen molar-refractivity contribution in [2.75, 3.05) is 5.32 Å². The largest absolute Gasteiger partial charge is 0.320 e. The minimum atomic E-state index is -0.685. The average molecular weight is 433 g/mol. The number of halogens is 1. The summed E-state index contributed by atoms with van der Waals surface area (Å²) in [5.41, 5.74) is 1.64. The van der Waals surface area contributed by atoms with Crippen LogP contribution in [0.1, 0.15) is 28.5 Å². The lowest BCUT2D eigenvalue weighted by Crippen LogP contribution is -2.15. The van der Waals surface area contributed by atoms with Gasteiger partial charge < -0.3 is 5.32 Å². The molecule has 0 fully saturated rings. The monoisotopic (exact) mass is 432 g/mol. The molecular formula is C17H17BrN6O3. The van der Waals surface area contributed by atoms with Crippen molar-refractivity contribution in [2.45, 2.75) is 26.9 Å². The predicted octanol–water partition coefficient (Wildman–Crippen LogP) is 3.38. The van der Waals surface area contributed by atoms with E-state index in [4.69, 9.17) is 0 Å². The molecule has 2 heterocycles. The van der Waals surface area contributed by atoms with Crippen LogP contribution in [0.4, 0.5) is 11.5 Å². The maximum atomic E-state index is 12.5. The molecule has 1 N–H and O–H groups in total. The summed E-state index contributed by atoms with van der Waals surface area (Å²) in [5.74, 6) is -0.414. The van der Waals surface area contributed by atoms with Crippen LogP contribution < -0.4 is 5.32 Å². The molecule has 27 heavy (non-hydrogen) atoms. The van der Waals surface area contributed by atoms with Gasteiger partial charge in [-0.15, -0.1) is 0 Å². The first kappa shape index (κ1) is 18.8. The number of benzene rings is 1. The van der Waals surface area contributed by atoms with Crippen molar-refractivity contribution in [3.8, 4) is 0 Å². The molecule has 10 heteroatoms. The molecule has 0 radical (unpaired) electrons. The van der Waals surface area contributed by atoms with Crippen LogP contribution in [0.2, 0.25) is 0 Å². The molecule has 0 saturated heterocycles. The first-order valence-corrected chi connectivity index (χ1v) is 8.98. The number of hydrogen-bond acceptors (Lipinski definition) is 5. The molecule has 9 nitrogen and oxygen atoms in total. The van der Waals surface area contributed by atoms with E-state index in [-0.39, 0.29) is 17.2 Å². The molecule has 0 aliphatic carbocycles. The Kier molecular flexibility index (Phi) is 5.36. The Morgan fingerprint density at radius 3 is 2.56 bits per heavy atom. The first-order valence-electron chi connectivity index (χ1n) is 8.19. The highest BCUT2D eigenvalue weighted by atomic mass is 79.9. The molecule has 0 bridgehead atoms. The number of aryl methyl sites for hydroxylation is 2. The number of amides is 1. The summed E-state index contributed by atoms with van der Waals surface area (Å²) in [5, 5.41) is 22.0. The van der Waals surface area contributed by atoms with Gasteiger partial charge in [0.05, 0.1) is 15.9 Å². The Hall–Kier alpha value is -3.01. The molecule has 2 aromatic heterocycles.